The highest BCUT2D eigenvalue weighted by Crippen LogP contribution is 2.33. The molecule has 30 heavy (non-hydrogen) atoms. The van der Waals surface area contributed by atoms with E-state index in [1.807, 2.05) is 23.6 Å². The fourth-order valence-electron chi connectivity index (χ4n) is 2.96. The highest BCUT2D eigenvalue weighted by Gasteiger charge is 2.20. The van der Waals surface area contributed by atoms with E-state index in [-0.39, 0.29) is 4.90 Å². The highest BCUT2D eigenvalue weighted by molar-refractivity contribution is 7.92. The quantitative estimate of drug-likeness (QED) is 0.549. The number of methoxy groups -OCH3 is 3. The monoisotopic (exact) mass is 450 g/mol. The number of aromatic nitrogens is 1. The van der Waals surface area contributed by atoms with Gasteiger partial charge in [0, 0.05) is 18.7 Å². The summed E-state index contributed by atoms with van der Waals surface area (Å²) < 4.78 is 43.5. The lowest BCUT2D eigenvalue weighted by Crippen LogP contribution is -2.20. The Balaban J connectivity index is 1.97. The fraction of sp³-hybridized carbons (Fsp3) is 0.300. The van der Waals surface area contributed by atoms with Crippen LogP contribution in [0.2, 0.25) is 0 Å². The molecule has 0 radical (unpaired) electrons. The van der Waals surface area contributed by atoms with Crippen molar-refractivity contribution in [1.82, 2.24) is 4.57 Å². The molecule has 3 rings (SSSR count). The van der Waals surface area contributed by atoms with Gasteiger partial charge in [0.2, 0.25) is 0 Å². The van der Waals surface area contributed by atoms with Crippen LogP contribution in [0, 0.1) is 0 Å². The van der Waals surface area contributed by atoms with Crippen molar-refractivity contribution < 1.29 is 27.4 Å². The third-order valence-electron chi connectivity index (χ3n) is 4.46. The molecule has 0 saturated heterocycles. The maximum absolute atomic E-state index is 12.6. The molecule has 1 amide bonds. The van der Waals surface area contributed by atoms with Gasteiger partial charge in [0.15, 0.2) is 26.1 Å². The molecule has 0 aliphatic heterocycles. The molecule has 0 fully saturated rings. The number of amides is 1. The minimum Gasteiger partial charge on any atom is -0.497 e. The van der Waals surface area contributed by atoms with E-state index in [1.165, 1.54) is 42.7 Å². The fourth-order valence-corrected chi connectivity index (χ4v) is 5.18. The molecule has 10 heteroatoms. The lowest BCUT2D eigenvalue weighted by atomic mass is 10.3. The summed E-state index contributed by atoms with van der Waals surface area (Å²) in [6.45, 7) is 2.47. The number of carbonyl (C=O) groups is 1. The first-order chi connectivity index (χ1) is 14.3. The standard InChI is InChI=1S/C20H22N2O6S2/c1-5-22-15-10-16(27-3)17(28-4)11-18(15)29-20(22)21-19(23)12-30(24,25)14-8-6-13(26-2)7-9-14/h6-11H,5,12H2,1-4H3. The minimum absolute atomic E-state index is 0.0426. The van der Waals surface area contributed by atoms with E-state index in [0.717, 1.165) is 10.2 Å². The second kappa shape index (κ2) is 8.88. The van der Waals surface area contributed by atoms with Crippen LogP contribution in [0.1, 0.15) is 6.92 Å². The van der Waals surface area contributed by atoms with E-state index in [2.05, 4.69) is 4.99 Å². The van der Waals surface area contributed by atoms with Crippen molar-refractivity contribution in [3.8, 4) is 17.2 Å². The maximum atomic E-state index is 12.6. The van der Waals surface area contributed by atoms with Crippen LogP contribution in [0.15, 0.2) is 46.3 Å². The van der Waals surface area contributed by atoms with Crippen molar-refractivity contribution in [3.63, 3.8) is 0 Å². The topological polar surface area (TPSA) is 96.2 Å². The molecule has 0 spiro atoms. The van der Waals surface area contributed by atoms with Crippen LogP contribution in [0.4, 0.5) is 0 Å². The number of benzene rings is 2. The van der Waals surface area contributed by atoms with Gasteiger partial charge in [-0.05, 0) is 31.2 Å². The number of ether oxygens (including phenoxy) is 3. The zero-order valence-corrected chi connectivity index (χ0v) is 18.7. The first-order valence-corrected chi connectivity index (χ1v) is 11.5. The number of thiazole rings is 1. The molecule has 1 heterocycles. The van der Waals surface area contributed by atoms with Crippen molar-refractivity contribution in [2.75, 3.05) is 27.1 Å². The summed E-state index contributed by atoms with van der Waals surface area (Å²) in [7, 11) is 0.765. The Morgan fingerprint density at radius 3 is 2.23 bits per heavy atom. The summed E-state index contributed by atoms with van der Waals surface area (Å²) >= 11 is 1.28. The zero-order chi connectivity index (χ0) is 21.9. The van der Waals surface area contributed by atoms with Crippen LogP contribution in [-0.4, -0.2) is 46.0 Å². The smallest absolute Gasteiger partial charge is 0.263 e. The Bertz CT molecular complexity index is 1240. The van der Waals surface area contributed by atoms with Crippen molar-refractivity contribution in [1.29, 1.82) is 0 Å². The molecule has 2 aromatic carbocycles. The molecule has 8 nitrogen and oxygen atoms in total. The van der Waals surface area contributed by atoms with Crippen molar-refractivity contribution >= 4 is 37.3 Å². The lowest BCUT2D eigenvalue weighted by molar-refractivity contribution is -0.115. The maximum Gasteiger partial charge on any atom is 0.263 e. The predicted octanol–water partition coefficient (Wildman–Crippen LogP) is 2.65. The summed E-state index contributed by atoms with van der Waals surface area (Å²) in [6, 6.07) is 9.50. The molecule has 0 N–H and O–H groups in total. The molecule has 0 aliphatic carbocycles. The Morgan fingerprint density at radius 2 is 1.67 bits per heavy atom. The van der Waals surface area contributed by atoms with Crippen LogP contribution in [0.3, 0.4) is 0 Å². The SMILES string of the molecule is CCn1c(=NC(=O)CS(=O)(=O)c2ccc(OC)cc2)sc2cc(OC)c(OC)cc21. The van der Waals surface area contributed by atoms with Gasteiger partial charge in [-0.1, -0.05) is 11.3 Å². The van der Waals surface area contributed by atoms with Gasteiger partial charge in [0.05, 0.1) is 36.4 Å². The van der Waals surface area contributed by atoms with Gasteiger partial charge in [-0.3, -0.25) is 4.79 Å². The largest absolute Gasteiger partial charge is 0.497 e. The highest BCUT2D eigenvalue weighted by atomic mass is 32.2. The van der Waals surface area contributed by atoms with E-state index in [1.54, 1.807) is 14.2 Å². The second-order valence-corrected chi connectivity index (χ2v) is 9.24. The number of rotatable bonds is 7. The predicted molar refractivity (Wildman–Crippen MR) is 114 cm³/mol. The van der Waals surface area contributed by atoms with Crippen molar-refractivity contribution in [3.05, 3.63) is 41.2 Å². The molecular formula is C20H22N2O6S2. The van der Waals surface area contributed by atoms with Crippen LogP contribution < -0.4 is 19.0 Å². The average molecular weight is 451 g/mol. The van der Waals surface area contributed by atoms with Gasteiger partial charge >= 0.3 is 0 Å². The van der Waals surface area contributed by atoms with Crippen molar-refractivity contribution in [2.24, 2.45) is 4.99 Å². The number of hydrogen-bond donors (Lipinski definition) is 0. The Labute approximate surface area is 178 Å². The van der Waals surface area contributed by atoms with E-state index in [9.17, 15) is 13.2 Å². The number of carbonyl (C=O) groups excluding carboxylic acids is 1. The number of hydrogen-bond acceptors (Lipinski definition) is 7. The van der Waals surface area contributed by atoms with Crippen LogP contribution >= 0.6 is 11.3 Å². The lowest BCUT2D eigenvalue weighted by Gasteiger charge is -2.08. The summed E-state index contributed by atoms with van der Waals surface area (Å²) in [4.78, 5) is 17.0. The van der Waals surface area contributed by atoms with Crippen LogP contribution in [-0.2, 0) is 21.2 Å². The van der Waals surface area contributed by atoms with E-state index >= 15 is 0 Å². The Kier molecular flexibility index (Phi) is 6.47. The Hall–Kier alpha value is -2.85. The van der Waals surface area contributed by atoms with Gasteiger partial charge in [-0.25, -0.2) is 8.42 Å². The molecule has 160 valence electrons. The zero-order valence-electron chi connectivity index (χ0n) is 17.0. The van der Waals surface area contributed by atoms with Crippen LogP contribution in [0.25, 0.3) is 10.2 Å². The molecular weight excluding hydrogens is 428 g/mol. The molecule has 0 unspecified atom stereocenters. The van der Waals surface area contributed by atoms with Gasteiger partial charge in [0.1, 0.15) is 11.5 Å². The number of nitrogens with zero attached hydrogens (tertiary/aromatic N) is 2. The van der Waals surface area contributed by atoms with Gasteiger partial charge in [-0.15, -0.1) is 0 Å². The van der Waals surface area contributed by atoms with Crippen LogP contribution in [0.5, 0.6) is 17.2 Å². The molecule has 0 aliphatic rings. The van der Waals surface area contributed by atoms with E-state index in [0.29, 0.717) is 28.6 Å². The molecule has 3 aromatic rings. The van der Waals surface area contributed by atoms with Crippen molar-refractivity contribution in [2.45, 2.75) is 18.4 Å². The van der Waals surface area contributed by atoms with E-state index < -0.39 is 21.5 Å². The molecule has 0 saturated carbocycles. The first kappa shape index (κ1) is 21.8. The summed E-state index contributed by atoms with van der Waals surface area (Å²) in [5, 5.41) is 0. The second-order valence-electron chi connectivity index (χ2n) is 6.24. The van der Waals surface area contributed by atoms with E-state index in [4.69, 9.17) is 14.2 Å². The normalized spacial score (nSPS) is 12.2. The third-order valence-corrected chi connectivity index (χ3v) is 7.12. The number of sulfone groups is 1. The Morgan fingerprint density at radius 1 is 1.03 bits per heavy atom. The minimum atomic E-state index is -3.82. The molecule has 0 bridgehead atoms. The number of fused-ring (bicyclic) bond motifs is 1. The third kappa shape index (κ3) is 4.34. The van der Waals surface area contributed by atoms with Gasteiger partial charge in [0.25, 0.3) is 5.91 Å². The molecule has 1 aromatic heterocycles. The average Bonchev–Trinajstić information content (AvgIpc) is 3.07. The summed E-state index contributed by atoms with van der Waals surface area (Å²) in [5.41, 5.74) is 0.824. The number of aryl methyl sites for hydroxylation is 1. The summed E-state index contributed by atoms with van der Waals surface area (Å²) in [5.74, 6) is 0.201. The van der Waals surface area contributed by atoms with Gasteiger partial charge in [-0.2, -0.15) is 4.99 Å². The molecule has 0 atom stereocenters. The van der Waals surface area contributed by atoms with Gasteiger partial charge < -0.3 is 18.8 Å². The summed E-state index contributed by atoms with van der Waals surface area (Å²) in [6.07, 6.45) is 0. The first-order valence-electron chi connectivity index (χ1n) is 9.02.